The Bertz CT molecular complexity index is 684. The van der Waals surface area contributed by atoms with Crippen LogP contribution in [0.3, 0.4) is 0 Å². The first-order valence-electron chi connectivity index (χ1n) is 7.53. The predicted molar refractivity (Wildman–Crippen MR) is 87.9 cm³/mol. The Morgan fingerprint density at radius 3 is 2.57 bits per heavy atom. The molecule has 2 aromatic rings. The monoisotopic (exact) mass is 303 g/mol. The normalized spacial score (nSPS) is 16.2. The summed E-state index contributed by atoms with van der Waals surface area (Å²) < 4.78 is 1.07. The third-order valence-corrected chi connectivity index (χ3v) is 5.25. The van der Waals surface area contributed by atoms with Gasteiger partial charge in [-0.3, -0.25) is 9.78 Å². The van der Waals surface area contributed by atoms with Crippen molar-refractivity contribution in [3.63, 3.8) is 0 Å². The van der Waals surface area contributed by atoms with Crippen LogP contribution in [0, 0.1) is 13.8 Å². The van der Waals surface area contributed by atoms with Gasteiger partial charge in [-0.1, -0.05) is 12.8 Å². The smallest absolute Gasteiger partial charge is 0.266 e. The molecule has 2 N–H and O–H groups in total. The Labute approximate surface area is 129 Å². The summed E-state index contributed by atoms with van der Waals surface area (Å²) >= 11 is 1.50. The first-order valence-corrected chi connectivity index (χ1v) is 8.35. The highest BCUT2D eigenvalue weighted by Crippen LogP contribution is 2.36. The van der Waals surface area contributed by atoms with Crippen molar-refractivity contribution in [3.8, 4) is 0 Å². The number of amides is 1. The third kappa shape index (κ3) is 2.62. The van der Waals surface area contributed by atoms with E-state index in [4.69, 9.17) is 5.73 Å². The molecule has 3 rings (SSSR count). The quantitative estimate of drug-likeness (QED) is 0.877. The minimum absolute atomic E-state index is 0.0904. The molecule has 3 heterocycles. The summed E-state index contributed by atoms with van der Waals surface area (Å²) in [5, 5.41) is 0.948. The van der Waals surface area contributed by atoms with Crippen molar-refractivity contribution in [1.29, 1.82) is 0 Å². The molecule has 112 valence electrons. The fourth-order valence-electron chi connectivity index (χ4n) is 3.06. The standard InChI is InChI=1S/C16H21N3OS/c1-10-9-12-13(11(2)18-10)14(17)15(21-12)16(20)19-7-5-3-4-6-8-19/h9H,3-8,17H2,1-2H3. The first-order chi connectivity index (χ1) is 10.1. The van der Waals surface area contributed by atoms with Gasteiger partial charge in [0.2, 0.25) is 0 Å². The van der Waals surface area contributed by atoms with Crippen molar-refractivity contribution in [2.75, 3.05) is 18.8 Å². The Morgan fingerprint density at radius 1 is 1.24 bits per heavy atom. The van der Waals surface area contributed by atoms with Gasteiger partial charge in [0.1, 0.15) is 4.88 Å². The summed E-state index contributed by atoms with van der Waals surface area (Å²) in [6.07, 6.45) is 4.62. The number of rotatable bonds is 1. The fraction of sp³-hybridized carbons (Fsp3) is 0.500. The molecule has 1 aliphatic heterocycles. The van der Waals surface area contributed by atoms with E-state index in [-0.39, 0.29) is 5.91 Å². The number of fused-ring (bicyclic) bond motifs is 1. The lowest BCUT2D eigenvalue weighted by atomic mass is 10.2. The van der Waals surface area contributed by atoms with Crippen LogP contribution in [0.15, 0.2) is 6.07 Å². The van der Waals surface area contributed by atoms with Crippen LogP contribution in [-0.2, 0) is 0 Å². The van der Waals surface area contributed by atoms with Crippen molar-refractivity contribution >= 4 is 33.0 Å². The lowest BCUT2D eigenvalue weighted by Crippen LogP contribution is -2.31. The zero-order valence-corrected chi connectivity index (χ0v) is 13.4. The van der Waals surface area contributed by atoms with Crippen LogP contribution in [0.2, 0.25) is 0 Å². The number of nitrogens with two attached hydrogens (primary N) is 1. The van der Waals surface area contributed by atoms with Crippen LogP contribution in [0.25, 0.3) is 10.1 Å². The van der Waals surface area contributed by atoms with Gasteiger partial charge in [-0.2, -0.15) is 0 Å². The molecular weight excluding hydrogens is 282 g/mol. The van der Waals surface area contributed by atoms with E-state index < -0.39 is 0 Å². The molecule has 0 spiro atoms. The average Bonchev–Trinajstić information content (AvgIpc) is 2.64. The predicted octanol–water partition coefficient (Wildman–Crippen LogP) is 3.51. The van der Waals surface area contributed by atoms with Gasteiger partial charge < -0.3 is 10.6 Å². The summed E-state index contributed by atoms with van der Waals surface area (Å²) in [5.41, 5.74) is 8.74. The van der Waals surface area contributed by atoms with Crippen LogP contribution in [-0.4, -0.2) is 28.9 Å². The van der Waals surface area contributed by atoms with E-state index >= 15 is 0 Å². The number of nitrogens with zero attached hydrogens (tertiary/aromatic N) is 2. The number of aromatic nitrogens is 1. The highest BCUT2D eigenvalue weighted by Gasteiger charge is 2.23. The minimum Gasteiger partial charge on any atom is -0.397 e. The lowest BCUT2D eigenvalue weighted by Gasteiger charge is -2.19. The van der Waals surface area contributed by atoms with Gasteiger partial charge in [0, 0.05) is 34.6 Å². The summed E-state index contributed by atoms with van der Waals surface area (Å²) in [6.45, 7) is 5.63. The number of carbonyl (C=O) groups is 1. The Kier molecular flexibility index (Phi) is 3.85. The van der Waals surface area contributed by atoms with Crippen molar-refractivity contribution in [3.05, 3.63) is 22.3 Å². The van der Waals surface area contributed by atoms with Gasteiger partial charge in [0.15, 0.2) is 0 Å². The van der Waals surface area contributed by atoms with E-state index in [1.807, 2.05) is 24.8 Å². The molecule has 0 aromatic carbocycles. The number of aryl methyl sites for hydroxylation is 2. The number of hydrogen-bond acceptors (Lipinski definition) is 4. The van der Waals surface area contributed by atoms with E-state index in [9.17, 15) is 4.79 Å². The molecule has 0 bridgehead atoms. The van der Waals surface area contributed by atoms with Crippen LogP contribution in [0.1, 0.15) is 46.7 Å². The minimum atomic E-state index is 0.0904. The summed E-state index contributed by atoms with van der Waals surface area (Å²) in [7, 11) is 0. The van der Waals surface area contributed by atoms with E-state index in [1.165, 1.54) is 24.2 Å². The maximum atomic E-state index is 12.8. The van der Waals surface area contributed by atoms with Crippen molar-refractivity contribution < 1.29 is 4.79 Å². The highest BCUT2D eigenvalue weighted by molar-refractivity contribution is 7.21. The van der Waals surface area contributed by atoms with Gasteiger partial charge in [0.05, 0.1) is 5.69 Å². The zero-order chi connectivity index (χ0) is 15.0. The number of likely N-dealkylation sites (tertiary alicyclic amines) is 1. The van der Waals surface area contributed by atoms with E-state index in [0.29, 0.717) is 10.6 Å². The SMILES string of the molecule is Cc1cc2sc(C(=O)N3CCCCCC3)c(N)c2c(C)n1. The topological polar surface area (TPSA) is 59.2 Å². The van der Waals surface area contributed by atoms with Crippen molar-refractivity contribution in [2.45, 2.75) is 39.5 Å². The average molecular weight is 303 g/mol. The number of thiophene rings is 1. The van der Waals surface area contributed by atoms with Crippen LogP contribution in [0.4, 0.5) is 5.69 Å². The molecule has 0 radical (unpaired) electrons. The summed E-state index contributed by atoms with van der Waals surface area (Å²) in [6, 6.07) is 2.02. The first kappa shape index (κ1) is 14.3. The van der Waals surface area contributed by atoms with Crippen LogP contribution < -0.4 is 5.73 Å². The molecule has 0 aliphatic carbocycles. The maximum absolute atomic E-state index is 12.8. The molecule has 0 unspecified atom stereocenters. The number of nitrogen functional groups attached to an aromatic ring is 1. The number of anilines is 1. The molecule has 5 heteroatoms. The van der Waals surface area contributed by atoms with Crippen LogP contribution >= 0.6 is 11.3 Å². The van der Waals surface area contributed by atoms with Crippen molar-refractivity contribution in [1.82, 2.24) is 9.88 Å². The second kappa shape index (κ2) is 5.64. The van der Waals surface area contributed by atoms with Gasteiger partial charge in [-0.05, 0) is 32.8 Å². The molecular formula is C16H21N3OS. The molecule has 1 amide bonds. The Morgan fingerprint density at radius 2 is 1.90 bits per heavy atom. The Balaban J connectivity index is 2.01. The van der Waals surface area contributed by atoms with Gasteiger partial charge in [0.25, 0.3) is 5.91 Å². The second-order valence-electron chi connectivity index (χ2n) is 5.77. The van der Waals surface area contributed by atoms with E-state index in [1.54, 1.807) is 0 Å². The second-order valence-corrected chi connectivity index (χ2v) is 6.83. The van der Waals surface area contributed by atoms with Gasteiger partial charge >= 0.3 is 0 Å². The molecule has 1 saturated heterocycles. The number of pyridine rings is 1. The fourth-order valence-corrected chi connectivity index (χ4v) is 4.29. The van der Waals surface area contributed by atoms with E-state index in [2.05, 4.69) is 4.98 Å². The van der Waals surface area contributed by atoms with Crippen molar-refractivity contribution in [2.24, 2.45) is 0 Å². The summed E-state index contributed by atoms with van der Waals surface area (Å²) in [5.74, 6) is 0.0904. The van der Waals surface area contributed by atoms with Crippen LogP contribution in [0.5, 0.6) is 0 Å². The summed E-state index contributed by atoms with van der Waals surface area (Å²) in [4.78, 5) is 19.9. The molecule has 4 nitrogen and oxygen atoms in total. The van der Waals surface area contributed by atoms with Gasteiger partial charge in [-0.25, -0.2) is 0 Å². The van der Waals surface area contributed by atoms with Gasteiger partial charge in [-0.15, -0.1) is 11.3 Å². The lowest BCUT2D eigenvalue weighted by molar-refractivity contribution is 0.0767. The molecule has 2 aromatic heterocycles. The zero-order valence-electron chi connectivity index (χ0n) is 12.6. The molecule has 1 aliphatic rings. The maximum Gasteiger partial charge on any atom is 0.266 e. The van der Waals surface area contributed by atoms with E-state index in [0.717, 1.165) is 47.4 Å². The highest BCUT2D eigenvalue weighted by atomic mass is 32.1. The molecule has 0 saturated carbocycles. The Hall–Kier alpha value is -1.62. The molecule has 0 atom stereocenters. The third-order valence-electron chi connectivity index (χ3n) is 4.11. The number of hydrogen-bond donors (Lipinski definition) is 1. The largest absolute Gasteiger partial charge is 0.397 e. The molecule has 21 heavy (non-hydrogen) atoms. The number of carbonyl (C=O) groups excluding carboxylic acids is 1. The molecule has 1 fully saturated rings.